The van der Waals surface area contributed by atoms with Crippen molar-refractivity contribution in [2.45, 2.75) is 57.2 Å². The molecule has 0 aliphatic carbocycles. The maximum Gasteiger partial charge on any atom is 0.433 e. The Morgan fingerprint density at radius 1 is 1.29 bits per heavy atom. The third-order valence-corrected chi connectivity index (χ3v) is 5.47. The maximum absolute atomic E-state index is 13.5. The molecule has 1 amide bonds. The van der Waals surface area contributed by atoms with Gasteiger partial charge in [-0.3, -0.25) is 4.79 Å². The molecule has 2 aromatic rings. The highest BCUT2D eigenvalue weighted by Gasteiger charge is 2.37. The number of hydrogen-bond acceptors (Lipinski definition) is 4. The monoisotopic (exact) mass is 396 g/mol. The van der Waals surface area contributed by atoms with Gasteiger partial charge in [0.05, 0.1) is 5.69 Å². The molecule has 4 heterocycles. The number of fused-ring (bicyclic) bond motifs is 1. The highest BCUT2D eigenvalue weighted by Crippen LogP contribution is 2.33. The summed E-state index contributed by atoms with van der Waals surface area (Å²) in [6.45, 7) is 5.23. The number of aromatic nitrogens is 3. The summed E-state index contributed by atoms with van der Waals surface area (Å²) in [5, 5.41) is 4.22. The molecule has 2 saturated heterocycles. The third-order valence-electron chi connectivity index (χ3n) is 5.47. The van der Waals surface area contributed by atoms with Crippen molar-refractivity contribution in [2.75, 3.05) is 19.7 Å². The second-order valence-corrected chi connectivity index (χ2v) is 7.83. The Bertz CT molecular complexity index is 887. The SMILES string of the molecule is CC(C)c1cc(C(F)(F)F)n2nc([C@@H]3CCN(C(=O)[C@@H]4CCCO4)C3)cc2n1. The predicted octanol–water partition coefficient (Wildman–Crippen LogP) is 3.37. The molecule has 2 aliphatic heterocycles. The summed E-state index contributed by atoms with van der Waals surface area (Å²) in [4.78, 5) is 18.6. The smallest absolute Gasteiger partial charge is 0.368 e. The number of hydrogen-bond donors (Lipinski definition) is 0. The molecule has 0 bridgehead atoms. The Kier molecular flexibility index (Phi) is 4.81. The molecule has 0 radical (unpaired) electrons. The van der Waals surface area contributed by atoms with Crippen molar-refractivity contribution in [1.82, 2.24) is 19.5 Å². The van der Waals surface area contributed by atoms with Gasteiger partial charge in [-0.05, 0) is 31.2 Å². The minimum atomic E-state index is -4.52. The molecule has 2 aliphatic rings. The lowest BCUT2D eigenvalue weighted by molar-refractivity contribution is -0.142. The molecule has 0 N–H and O–H groups in total. The van der Waals surface area contributed by atoms with E-state index in [0.717, 1.165) is 23.4 Å². The van der Waals surface area contributed by atoms with Gasteiger partial charge < -0.3 is 9.64 Å². The minimum absolute atomic E-state index is 0.0278. The zero-order chi connectivity index (χ0) is 20.1. The lowest BCUT2D eigenvalue weighted by Gasteiger charge is -2.19. The predicted molar refractivity (Wildman–Crippen MR) is 95.0 cm³/mol. The van der Waals surface area contributed by atoms with Crippen LogP contribution in [0.15, 0.2) is 12.1 Å². The fraction of sp³-hybridized carbons (Fsp3) is 0.632. The van der Waals surface area contributed by atoms with Crippen LogP contribution in [0.2, 0.25) is 0 Å². The van der Waals surface area contributed by atoms with Gasteiger partial charge in [-0.15, -0.1) is 0 Å². The van der Waals surface area contributed by atoms with Crippen LogP contribution in [0.3, 0.4) is 0 Å². The number of ether oxygens (including phenoxy) is 1. The molecule has 4 rings (SSSR count). The topological polar surface area (TPSA) is 59.7 Å². The average molecular weight is 396 g/mol. The molecule has 2 fully saturated rings. The van der Waals surface area contributed by atoms with Gasteiger partial charge in [0, 0.05) is 37.4 Å². The van der Waals surface area contributed by atoms with Gasteiger partial charge in [-0.2, -0.15) is 18.3 Å². The van der Waals surface area contributed by atoms with Crippen molar-refractivity contribution in [3.8, 4) is 0 Å². The average Bonchev–Trinajstić information content (AvgIpc) is 3.38. The van der Waals surface area contributed by atoms with Crippen LogP contribution < -0.4 is 0 Å². The number of likely N-dealkylation sites (tertiary alicyclic amines) is 1. The van der Waals surface area contributed by atoms with E-state index in [1.165, 1.54) is 0 Å². The Morgan fingerprint density at radius 2 is 2.07 bits per heavy atom. The normalized spacial score (nSPS) is 23.3. The van der Waals surface area contributed by atoms with E-state index < -0.39 is 11.9 Å². The van der Waals surface area contributed by atoms with E-state index in [0.29, 0.717) is 37.5 Å². The van der Waals surface area contributed by atoms with E-state index in [4.69, 9.17) is 4.74 Å². The van der Waals surface area contributed by atoms with Gasteiger partial charge in [-0.25, -0.2) is 9.50 Å². The highest BCUT2D eigenvalue weighted by molar-refractivity contribution is 5.81. The van der Waals surface area contributed by atoms with Crippen LogP contribution in [0.1, 0.15) is 62.0 Å². The van der Waals surface area contributed by atoms with Gasteiger partial charge in [0.2, 0.25) is 0 Å². The van der Waals surface area contributed by atoms with Crippen molar-refractivity contribution >= 4 is 11.6 Å². The Morgan fingerprint density at radius 3 is 2.71 bits per heavy atom. The van der Waals surface area contributed by atoms with Gasteiger partial charge >= 0.3 is 6.18 Å². The molecule has 0 aromatic carbocycles. The quantitative estimate of drug-likeness (QED) is 0.798. The zero-order valence-electron chi connectivity index (χ0n) is 15.9. The molecule has 0 unspecified atom stereocenters. The number of amides is 1. The molecule has 28 heavy (non-hydrogen) atoms. The van der Waals surface area contributed by atoms with Crippen LogP contribution >= 0.6 is 0 Å². The van der Waals surface area contributed by atoms with Crippen LogP contribution in [-0.4, -0.2) is 51.2 Å². The number of halogens is 3. The van der Waals surface area contributed by atoms with Gasteiger partial charge in [0.15, 0.2) is 5.65 Å². The molecule has 2 atom stereocenters. The summed E-state index contributed by atoms with van der Waals surface area (Å²) in [7, 11) is 0. The van der Waals surface area contributed by atoms with Crippen molar-refractivity contribution < 1.29 is 22.7 Å². The first kappa shape index (κ1) is 19.2. The van der Waals surface area contributed by atoms with E-state index in [-0.39, 0.29) is 29.5 Å². The third kappa shape index (κ3) is 3.47. The fourth-order valence-corrected chi connectivity index (χ4v) is 3.89. The summed E-state index contributed by atoms with van der Waals surface area (Å²) in [6, 6.07) is 2.68. The van der Waals surface area contributed by atoms with Crippen LogP contribution in [0.5, 0.6) is 0 Å². The number of nitrogens with zero attached hydrogens (tertiary/aromatic N) is 4. The molecule has 0 spiro atoms. The van der Waals surface area contributed by atoms with Crippen LogP contribution in [0.25, 0.3) is 5.65 Å². The summed E-state index contributed by atoms with van der Waals surface area (Å²) in [6.07, 6.45) is -2.63. The first-order valence-electron chi connectivity index (χ1n) is 9.62. The maximum atomic E-state index is 13.5. The van der Waals surface area contributed by atoms with Crippen molar-refractivity contribution in [3.05, 3.63) is 29.2 Å². The Balaban J connectivity index is 1.62. The largest absolute Gasteiger partial charge is 0.433 e. The molecule has 2 aromatic heterocycles. The lowest BCUT2D eigenvalue weighted by atomic mass is 10.1. The molecular formula is C19H23F3N4O2. The standard InChI is InChI=1S/C19H23F3N4O2/c1-11(2)13-8-16(19(20,21)22)26-17(23-13)9-14(24-26)12-5-6-25(10-12)18(27)15-4-3-7-28-15/h8-9,11-12,15H,3-7,10H2,1-2H3/t12-,15+/m1/s1. The van der Waals surface area contributed by atoms with Crippen LogP contribution in [0.4, 0.5) is 13.2 Å². The lowest BCUT2D eigenvalue weighted by Crippen LogP contribution is -2.37. The second-order valence-electron chi connectivity index (χ2n) is 7.83. The number of rotatable bonds is 3. The van der Waals surface area contributed by atoms with Crippen molar-refractivity contribution in [3.63, 3.8) is 0 Å². The molecule has 6 nitrogen and oxygen atoms in total. The van der Waals surface area contributed by atoms with Crippen molar-refractivity contribution in [2.24, 2.45) is 0 Å². The van der Waals surface area contributed by atoms with Gasteiger partial charge in [-0.1, -0.05) is 13.8 Å². The Labute approximate surface area is 160 Å². The molecule has 9 heteroatoms. The fourth-order valence-electron chi connectivity index (χ4n) is 3.89. The number of carbonyl (C=O) groups excluding carboxylic acids is 1. The molecule has 0 saturated carbocycles. The zero-order valence-corrected chi connectivity index (χ0v) is 15.9. The van der Waals surface area contributed by atoms with E-state index >= 15 is 0 Å². The van der Waals surface area contributed by atoms with Crippen LogP contribution in [-0.2, 0) is 15.7 Å². The first-order valence-corrected chi connectivity index (χ1v) is 9.62. The number of alkyl halides is 3. The van der Waals surface area contributed by atoms with Crippen LogP contribution in [0, 0.1) is 0 Å². The summed E-state index contributed by atoms with van der Waals surface area (Å²) < 4.78 is 46.9. The van der Waals surface area contributed by atoms with Gasteiger partial charge in [0.1, 0.15) is 11.8 Å². The summed E-state index contributed by atoms with van der Waals surface area (Å²) in [5.74, 6) is -0.258. The van der Waals surface area contributed by atoms with E-state index in [1.54, 1.807) is 11.0 Å². The van der Waals surface area contributed by atoms with E-state index in [2.05, 4.69) is 10.1 Å². The number of carbonyl (C=O) groups is 1. The van der Waals surface area contributed by atoms with E-state index in [9.17, 15) is 18.0 Å². The van der Waals surface area contributed by atoms with E-state index in [1.807, 2.05) is 13.8 Å². The minimum Gasteiger partial charge on any atom is -0.368 e. The van der Waals surface area contributed by atoms with Gasteiger partial charge in [0.25, 0.3) is 5.91 Å². The second kappa shape index (κ2) is 7.02. The van der Waals surface area contributed by atoms with Crippen molar-refractivity contribution in [1.29, 1.82) is 0 Å². The summed E-state index contributed by atoms with van der Waals surface area (Å²) in [5.41, 5.74) is 0.296. The first-order chi connectivity index (χ1) is 13.2. The molecule has 152 valence electrons. The Hall–Kier alpha value is -2.16. The summed E-state index contributed by atoms with van der Waals surface area (Å²) >= 11 is 0. The highest BCUT2D eigenvalue weighted by atomic mass is 19.4. The molecular weight excluding hydrogens is 373 g/mol.